The van der Waals surface area contributed by atoms with Crippen molar-refractivity contribution < 1.29 is 9.90 Å². The number of hydrogen-bond acceptors (Lipinski definition) is 3. The van der Waals surface area contributed by atoms with Gasteiger partial charge in [0.1, 0.15) is 6.07 Å². The molecule has 66 valence electrons. The van der Waals surface area contributed by atoms with Crippen LogP contribution in [-0.2, 0) is 0 Å². The Labute approximate surface area is 85.0 Å². The first-order chi connectivity index (χ1) is 6.07. The molecule has 0 bridgehead atoms. The smallest absolute Gasteiger partial charge is 0.336 e. The maximum Gasteiger partial charge on any atom is 0.336 e. The van der Waals surface area contributed by atoms with Crippen molar-refractivity contribution >= 4 is 30.2 Å². The van der Waals surface area contributed by atoms with Crippen molar-refractivity contribution in [1.82, 2.24) is 0 Å². The minimum atomic E-state index is -1.11. The van der Waals surface area contributed by atoms with E-state index in [0.717, 1.165) is 0 Å². The Hall–Kier alpha value is -1.18. The highest BCUT2D eigenvalue weighted by Crippen LogP contribution is 2.27. The van der Waals surface area contributed by atoms with E-state index >= 15 is 0 Å². The first-order valence-electron chi connectivity index (χ1n) is 3.22. The van der Waals surface area contributed by atoms with Crippen LogP contribution >= 0.6 is 24.2 Å². The predicted molar refractivity (Wildman–Crippen MR) is 50.4 cm³/mol. The van der Waals surface area contributed by atoms with E-state index in [-0.39, 0.29) is 21.0 Å². The summed E-state index contributed by atoms with van der Waals surface area (Å²) in [6.07, 6.45) is 0. The third-order valence-electron chi connectivity index (χ3n) is 1.47. The zero-order chi connectivity index (χ0) is 10.0. The molecule has 0 spiro atoms. The van der Waals surface area contributed by atoms with Crippen molar-refractivity contribution in [2.45, 2.75) is 4.90 Å². The molecule has 0 amide bonds. The number of benzene rings is 1. The van der Waals surface area contributed by atoms with Crippen molar-refractivity contribution in [2.24, 2.45) is 0 Å². The van der Waals surface area contributed by atoms with E-state index in [1.54, 1.807) is 0 Å². The lowest BCUT2D eigenvalue weighted by molar-refractivity contribution is 0.0693. The number of nitrogens with zero attached hydrogens (tertiary/aromatic N) is 1. The van der Waals surface area contributed by atoms with Crippen molar-refractivity contribution in [3.8, 4) is 6.07 Å². The molecule has 1 N–H and O–H groups in total. The lowest BCUT2D eigenvalue weighted by atomic mass is 10.1. The van der Waals surface area contributed by atoms with Crippen LogP contribution in [0.1, 0.15) is 15.9 Å². The van der Waals surface area contributed by atoms with Crippen LogP contribution in [0.2, 0.25) is 5.02 Å². The van der Waals surface area contributed by atoms with Gasteiger partial charge >= 0.3 is 5.97 Å². The highest BCUT2D eigenvalue weighted by Gasteiger charge is 2.13. The fraction of sp³-hybridized carbons (Fsp3) is 0. The molecule has 0 aliphatic rings. The normalized spacial score (nSPS) is 9.31. The molecule has 0 radical (unpaired) electrons. The standard InChI is InChI=1S/C8H4ClNO2S/c9-6-4(3-10)1-2-5(7(6)13)8(11)12/h1-2,13H,(H,11,12). The van der Waals surface area contributed by atoms with Gasteiger partial charge in [0.2, 0.25) is 0 Å². The van der Waals surface area contributed by atoms with Crippen LogP contribution in [0.4, 0.5) is 0 Å². The fourth-order valence-electron chi connectivity index (χ4n) is 0.823. The second-order valence-corrected chi connectivity index (χ2v) is 3.07. The molecule has 0 aromatic heterocycles. The van der Waals surface area contributed by atoms with E-state index in [1.165, 1.54) is 12.1 Å². The number of carboxylic acids is 1. The second-order valence-electron chi connectivity index (χ2n) is 2.24. The van der Waals surface area contributed by atoms with E-state index in [9.17, 15) is 4.79 Å². The first-order valence-corrected chi connectivity index (χ1v) is 4.05. The topological polar surface area (TPSA) is 61.1 Å². The van der Waals surface area contributed by atoms with Gasteiger partial charge in [-0.2, -0.15) is 5.26 Å². The van der Waals surface area contributed by atoms with Crippen LogP contribution in [0.25, 0.3) is 0 Å². The quantitative estimate of drug-likeness (QED) is 0.703. The highest BCUT2D eigenvalue weighted by atomic mass is 35.5. The maximum atomic E-state index is 10.6. The Balaban J connectivity index is 3.42. The summed E-state index contributed by atoms with van der Waals surface area (Å²) in [5.74, 6) is -1.11. The van der Waals surface area contributed by atoms with Gasteiger partial charge in [-0.1, -0.05) is 11.6 Å². The summed E-state index contributed by atoms with van der Waals surface area (Å²) in [5.41, 5.74) is 0.212. The number of hydrogen-bond donors (Lipinski definition) is 2. The molecule has 1 rings (SSSR count). The Kier molecular flexibility index (Phi) is 2.81. The van der Waals surface area contributed by atoms with Crippen LogP contribution in [0.5, 0.6) is 0 Å². The summed E-state index contributed by atoms with van der Waals surface area (Å²) < 4.78 is 0. The summed E-state index contributed by atoms with van der Waals surface area (Å²) in [5, 5.41) is 17.3. The Morgan fingerprint density at radius 2 is 2.23 bits per heavy atom. The van der Waals surface area contributed by atoms with Crippen LogP contribution in [0, 0.1) is 11.3 Å². The number of aromatic carboxylic acids is 1. The molecule has 0 saturated carbocycles. The molecule has 5 heteroatoms. The van der Waals surface area contributed by atoms with Crippen LogP contribution in [0.15, 0.2) is 17.0 Å². The molecule has 3 nitrogen and oxygen atoms in total. The second kappa shape index (κ2) is 3.69. The van der Waals surface area contributed by atoms with E-state index in [2.05, 4.69) is 12.6 Å². The molecular weight excluding hydrogens is 210 g/mol. The molecule has 0 unspecified atom stereocenters. The number of rotatable bonds is 1. The minimum absolute atomic E-state index is 0.00710. The van der Waals surface area contributed by atoms with E-state index < -0.39 is 5.97 Å². The lowest BCUT2D eigenvalue weighted by Crippen LogP contribution is -1.98. The van der Waals surface area contributed by atoms with Gasteiger partial charge in [-0.05, 0) is 12.1 Å². The van der Waals surface area contributed by atoms with Crippen molar-refractivity contribution in [2.75, 3.05) is 0 Å². The minimum Gasteiger partial charge on any atom is -0.478 e. The van der Waals surface area contributed by atoms with E-state index in [1.807, 2.05) is 6.07 Å². The molecule has 0 aliphatic heterocycles. The molecule has 0 saturated heterocycles. The molecule has 1 aromatic carbocycles. The predicted octanol–water partition coefficient (Wildman–Crippen LogP) is 2.20. The monoisotopic (exact) mass is 213 g/mol. The van der Waals surface area contributed by atoms with Crippen LogP contribution in [-0.4, -0.2) is 11.1 Å². The number of carbonyl (C=O) groups is 1. The molecule has 0 atom stereocenters. The largest absolute Gasteiger partial charge is 0.478 e. The van der Waals surface area contributed by atoms with E-state index in [0.29, 0.717) is 0 Å². The van der Waals surface area contributed by atoms with Gasteiger partial charge < -0.3 is 5.11 Å². The Bertz CT molecular complexity index is 411. The van der Waals surface area contributed by atoms with Gasteiger partial charge in [0.15, 0.2) is 0 Å². The summed E-state index contributed by atoms with van der Waals surface area (Å²) in [4.78, 5) is 10.7. The first kappa shape index (κ1) is 9.90. The average Bonchev–Trinajstić information content (AvgIpc) is 2.09. The van der Waals surface area contributed by atoms with E-state index in [4.69, 9.17) is 22.0 Å². The third-order valence-corrected chi connectivity index (χ3v) is 2.46. The zero-order valence-electron chi connectivity index (χ0n) is 6.28. The van der Waals surface area contributed by atoms with Gasteiger partial charge in [0.25, 0.3) is 0 Å². The van der Waals surface area contributed by atoms with Gasteiger partial charge in [-0.3, -0.25) is 0 Å². The summed E-state index contributed by atoms with van der Waals surface area (Å²) in [6, 6.07) is 4.48. The van der Waals surface area contributed by atoms with Crippen molar-refractivity contribution in [1.29, 1.82) is 5.26 Å². The van der Waals surface area contributed by atoms with Crippen LogP contribution in [0.3, 0.4) is 0 Å². The third kappa shape index (κ3) is 1.77. The zero-order valence-corrected chi connectivity index (χ0v) is 7.93. The fourth-order valence-corrected chi connectivity index (χ4v) is 1.32. The molecule has 1 aromatic rings. The summed E-state index contributed by atoms with van der Waals surface area (Å²) in [7, 11) is 0. The number of carboxylic acid groups (broad SMARTS) is 1. The van der Waals surface area contributed by atoms with Crippen molar-refractivity contribution in [3.63, 3.8) is 0 Å². The lowest BCUT2D eigenvalue weighted by Gasteiger charge is -2.02. The van der Waals surface area contributed by atoms with Gasteiger partial charge in [-0.15, -0.1) is 12.6 Å². The average molecular weight is 214 g/mol. The molecule has 0 fully saturated rings. The van der Waals surface area contributed by atoms with Gasteiger partial charge in [0.05, 0.1) is 16.1 Å². The number of halogens is 1. The Morgan fingerprint density at radius 1 is 1.62 bits per heavy atom. The highest BCUT2D eigenvalue weighted by molar-refractivity contribution is 7.80. The maximum absolute atomic E-state index is 10.6. The van der Waals surface area contributed by atoms with Crippen molar-refractivity contribution in [3.05, 3.63) is 28.3 Å². The molecule has 0 heterocycles. The molecule has 0 aliphatic carbocycles. The van der Waals surface area contributed by atoms with Gasteiger partial charge in [0, 0.05) is 4.90 Å². The summed E-state index contributed by atoms with van der Waals surface area (Å²) >= 11 is 9.59. The molecule has 13 heavy (non-hydrogen) atoms. The Morgan fingerprint density at radius 3 is 2.69 bits per heavy atom. The summed E-state index contributed by atoms with van der Waals surface area (Å²) in [6.45, 7) is 0. The number of nitriles is 1. The SMILES string of the molecule is N#Cc1ccc(C(=O)O)c(S)c1Cl. The van der Waals surface area contributed by atoms with Gasteiger partial charge in [-0.25, -0.2) is 4.79 Å². The van der Waals surface area contributed by atoms with Crippen LogP contribution < -0.4 is 0 Å². The molecular formula is C8H4ClNO2S. The number of thiol groups is 1.